The third kappa shape index (κ3) is 10.9. The van der Waals surface area contributed by atoms with E-state index in [4.69, 9.17) is 26.2 Å². The van der Waals surface area contributed by atoms with E-state index in [1.54, 1.807) is 30.3 Å². The summed E-state index contributed by atoms with van der Waals surface area (Å²) in [5.74, 6) is -6.74. The first kappa shape index (κ1) is 30.0. The smallest absolute Gasteiger partial charge is 0.328 e. The topological polar surface area (TPSA) is 245 Å². The van der Waals surface area contributed by atoms with E-state index < -0.39 is 79.2 Å². The van der Waals surface area contributed by atoms with Gasteiger partial charge in [-0.05, 0) is 18.4 Å². The molecular weight excluding hydrogens is 480 g/mol. The van der Waals surface area contributed by atoms with E-state index in [1.165, 1.54) is 0 Å². The molecule has 1 aromatic carbocycles. The molecule has 0 saturated heterocycles. The van der Waals surface area contributed by atoms with Gasteiger partial charge < -0.3 is 42.1 Å². The van der Waals surface area contributed by atoms with E-state index in [1.807, 2.05) is 5.32 Å². The van der Waals surface area contributed by atoms with Crippen LogP contribution in [0.3, 0.4) is 0 Å². The van der Waals surface area contributed by atoms with Crippen molar-refractivity contribution in [1.29, 1.82) is 0 Å². The molecule has 0 aliphatic heterocycles. The Balaban J connectivity index is 3.08. The van der Waals surface area contributed by atoms with Crippen LogP contribution in [0, 0.1) is 0 Å². The van der Waals surface area contributed by atoms with E-state index in [0.717, 1.165) is 0 Å². The molecule has 198 valence electrons. The number of aliphatic hydroxyl groups excluding tert-OH is 1. The molecule has 3 amide bonds. The summed E-state index contributed by atoms with van der Waals surface area (Å²) in [6, 6.07) is 2.73. The van der Waals surface area contributed by atoms with Crippen molar-refractivity contribution < 1.29 is 49.2 Å². The van der Waals surface area contributed by atoms with E-state index >= 15 is 0 Å². The third-order valence-corrected chi connectivity index (χ3v) is 5.00. The lowest BCUT2D eigenvalue weighted by atomic mass is 10.0. The van der Waals surface area contributed by atoms with Gasteiger partial charge in [-0.3, -0.25) is 24.0 Å². The third-order valence-electron chi connectivity index (χ3n) is 5.00. The zero-order valence-electron chi connectivity index (χ0n) is 19.3. The first-order valence-electron chi connectivity index (χ1n) is 10.9. The zero-order valence-corrected chi connectivity index (χ0v) is 19.3. The summed E-state index contributed by atoms with van der Waals surface area (Å²) in [6.45, 7) is -0.943. The minimum atomic E-state index is -1.69. The molecule has 1 aromatic rings. The molecule has 0 radical (unpaired) electrons. The number of aliphatic carboxylic acids is 3. The standard InChI is InChI=1S/C22H30N4O10/c23-13(6-8-17(28)29)19(32)25-15(10-12-4-2-1-3-5-12)21(34)24-14(7-9-18(30)31)20(33)26-16(11-27)22(35)36/h1-5,13-16,27H,6-11,23H2,(H,24,34)(H,25,32)(H,26,33)(H,28,29)(H,30,31)(H,35,36). The Morgan fingerprint density at radius 3 is 1.75 bits per heavy atom. The summed E-state index contributed by atoms with van der Waals surface area (Å²) >= 11 is 0. The molecule has 0 saturated carbocycles. The fourth-order valence-corrected chi connectivity index (χ4v) is 3.01. The van der Waals surface area contributed by atoms with Crippen molar-refractivity contribution in [2.45, 2.75) is 56.3 Å². The molecule has 14 nitrogen and oxygen atoms in total. The second kappa shape index (κ2) is 15.1. The van der Waals surface area contributed by atoms with Gasteiger partial charge in [-0.1, -0.05) is 30.3 Å². The first-order valence-corrected chi connectivity index (χ1v) is 10.9. The van der Waals surface area contributed by atoms with Crippen molar-refractivity contribution in [2.24, 2.45) is 5.73 Å². The van der Waals surface area contributed by atoms with Gasteiger partial charge in [-0.2, -0.15) is 0 Å². The number of aliphatic hydroxyl groups is 1. The molecule has 1 rings (SSSR count). The van der Waals surface area contributed by atoms with Crippen LogP contribution in [0.15, 0.2) is 30.3 Å². The number of carboxylic acid groups (broad SMARTS) is 3. The number of amides is 3. The number of rotatable bonds is 16. The molecule has 0 aromatic heterocycles. The molecule has 0 fully saturated rings. The predicted molar refractivity (Wildman–Crippen MR) is 122 cm³/mol. The van der Waals surface area contributed by atoms with Gasteiger partial charge in [0.25, 0.3) is 0 Å². The molecule has 9 N–H and O–H groups in total. The van der Waals surface area contributed by atoms with Crippen LogP contribution in [-0.4, -0.2) is 86.8 Å². The van der Waals surface area contributed by atoms with Crippen LogP contribution in [0.4, 0.5) is 0 Å². The molecular formula is C22H30N4O10. The summed E-state index contributed by atoms with van der Waals surface area (Å²) in [5, 5.41) is 42.7. The van der Waals surface area contributed by atoms with Gasteiger partial charge in [-0.25, -0.2) is 4.79 Å². The predicted octanol–water partition coefficient (Wildman–Crippen LogP) is -2.18. The van der Waals surface area contributed by atoms with Crippen molar-refractivity contribution in [3.63, 3.8) is 0 Å². The fraction of sp³-hybridized carbons (Fsp3) is 0.455. The average molecular weight is 511 g/mol. The van der Waals surface area contributed by atoms with E-state index in [9.17, 15) is 28.8 Å². The Hall–Kier alpha value is -4.04. The Labute approximate surface area is 205 Å². The number of nitrogens with one attached hydrogen (secondary N) is 3. The summed E-state index contributed by atoms with van der Waals surface area (Å²) in [4.78, 5) is 71.0. The van der Waals surface area contributed by atoms with Crippen molar-refractivity contribution in [3.05, 3.63) is 35.9 Å². The fourth-order valence-electron chi connectivity index (χ4n) is 3.01. The van der Waals surface area contributed by atoms with Gasteiger partial charge in [-0.15, -0.1) is 0 Å². The van der Waals surface area contributed by atoms with Crippen LogP contribution in [0.1, 0.15) is 31.2 Å². The minimum absolute atomic E-state index is 0.0499. The summed E-state index contributed by atoms with van der Waals surface area (Å²) in [7, 11) is 0. The highest BCUT2D eigenvalue weighted by molar-refractivity contribution is 5.94. The highest BCUT2D eigenvalue weighted by atomic mass is 16.4. The molecule has 14 heteroatoms. The number of hydrogen-bond donors (Lipinski definition) is 8. The maximum absolute atomic E-state index is 13.1. The summed E-state index contributed by atoms with van der Waals surface area (Å²) in [6.07, 6.45) is -1.58. The SMILES string of the molecule is NC(CCC(=O)O)C(=O)NC(Cc1ccccc1)C(=O)NC(CCC(=O)O)C(=O)NC(CO)C(=O)O. The van der Waals surface area contributed by atoms with Gasteiger partial charge in [0.1, 0.15) is 18.1 Å². The average Bonchev–Trinajstić information content (AvgIpc) is 2.82. The lowest BCUT2D eigenvalue weighted by molar-refractivity contribution is -0.144. The lowest BCUT2D eigenvalue weighted by Crippen LogP contribution is -2.58. The minimum Gasteiger partial charge on any atom is -0.481 e. The highest BCUT2D eigenvalue weighted by Gasteiger charge is 2.30. The molecule has 0 heterocycles. The maximum Gasteiger partial charge on any atom is 0.328 e. The zero-order chi connectivity index (χ0) is 27.3. The molecule has 4 unspecified atom stereocenters. The van der Waals surface area contributed by atoms with Gasteiger partial charge in [0.05, 0.1) is 12.6 Å². The van der Waals surface area contributed by atoms with Gasteiger partial charge in [0.15, 0.2) is 0 Å². The van der Waals surface area contributed by atoms with E-state index in [-0.39, 0.29) is 19.3 Å². The number of carbonyl (C=O) groups excluding carboxylic acids is 3. The van der Waals surface area contributed by atoms with Crippen LogP contribution < -0.4 is 21.7 Å². The van der Waals surface area contributed by atoms with Gasteiger partial charge >= 0.3 is 17.9 Å². The summed E-state index contributed by atoms with van der Waals surface area (Å²) < 4.78 is 0. The van der Waals surface area contributed by atoms with Crippen molar-refractivity contribution in [2.75, 3.05) is 6.61 Å². The maximum atomic E-state index is 13.1. The number of carboxylic acids is 3. The monoisotopic (exact) mass is 510 g/mol. The van der Waals surface area contributed by atoms with Crippen LogP contribution in [0.25, 0.3) is 0 Å². The molecule has 0 aliphatic rings. The number of hydrogen-bond acceptors (Lipinski definition) is 8. The van der Waals surface area contributed by atoms with Crippen molar-refractivity contribution in [1.82, 2.24) is 16.0 Å². The Morgan fingerprint density at radius 1 is 0.722 bits per heavy atom. The van der Waals surface area contributed by atoms with Gasteiger partial charge in [0.2, 0.25) is 17.7 Å². The Bertz CT molecular complexity index is 940. The lowest BCUT2D eigenvalue weighted by Gasteiger charge is -2.25. The second-order valence-corrected chi connectivity index (χ2v) is 7.87. The highest BCUT2D eigenvalue weighted by Crippen LogP contribution is 2.07. The Kier molecular flexibility index (Phi) is 12.5. The normalized spacial score (nSPS) is 13.9. The largest absolute Gasteiger partial charge is 0.481 e. The van der Waals surface area contributed by atoms with Crippen LogP contribution in [0.5, 0.6) is 0 Å². The first-order chi connectivity index (χ1) is 16.9. The number of benzene rings is 1. The quantitative estimate of drug-likeness (QED) is 0.119. The van der Waals surface area contributed by atoms with E-state index in [2.05, 4.69) is 10.6 Å². The van der Waals surface area contributed by atoms with Crippen molar-refractivity contribution >= 4 is 35.6 Å². The number of nitrogens with two attached hydrogens (primary N) is 1. The molecule has 0 aliphatic carbocycles. The molecule has 36 heavy (non-hydrogen) atoms. The van der Waals surface area contributed by atoms with Crippen LogP contribution in [0.2, 0.25) is 0 Å². The molecule has 4 atom stereocenters. The molecule has 0 bridgehead atoms. The van der Waals surface area contributed by atoms with Crippen molar-refractivity contribution in [3.8, 4) is 0 Å². The Morgan fingerprint density at radius 2 is 1.22 bits per heavy atom. The second-order valence-electron chi connectivity index (χ2n) is 7.87. The van der Waals surface area contributed by atoms with E-state index in [0.29, 0.717) is 5.56 Å². The van der Waals surface area contributed by atoms with Crippen LogP contribution >= 0.6 is 0 Å². The van der Waals surface area contributed by atoms with Crippen LogP contribution in [-0.2, 0) is 35.2 Å². The number of carbonyl (C=O) groups is 6. The van der Waals surface area contributed by atoms with Gasteiger partial charge in [0, 0.05) is 19.3 Å². The molecule has 0 spiro atoms. The summed E-state index contributed by atoms with van der Waals surface area (Å²) in [5.41, 5.74) is 6.34.